The van der Waals surface area contributed by atoms with Gasteiger partial charge in [0.25, 0.3) is 11.6 Å². The second-order valence-electron chi connectivity index (χ2n) is 5.56. The molecule has 1 aliphatic rings. The summed E-state index contributed by atoms with van der Waals surface area (Å²) in [5, 5.41) is 22.9. The quantitative estimate of drug-likeness (QED) is 0.643. The Bertz CT molecular complexity index is 539. The maximum Gasteiger partial charge on any atom is 0.282 e. The van der Waals surface area contributed by atoms with Crippen molar-refractivity contribution in [2.75, 3.05) is 6.54 Å². The van der Waals surface area contributed by atoms with E-state index in [0.29, 0.717) is 12.5 Å². The highest BCUT2D eigenvalue weighted by Gasteiger charge is 2.45. The van der Waals surface area contributed by atoms with Gasteiger partial charge in [-0.25, -0.2) is 0 Å². The fraction of sp³-hybridized carbons (Fsp3) is 0.462. The number of carbonyl (C=O) groups excluding carboxylic acids is 1. The number of nitro groups is 1. The molecule has 0 heterocycles. The summed E-state index contributed by atoms with van der Waals surface area (Å²) < 4.78 is 0. The third-order valence-electron chi connectivity index (χ3n) is 3.65. The van der Waals surface area contributed by atoms with Crippen LogP contribution in [-0.2, 0) is 0 Å². The van der Waals surface area contributed by atoms with E-state index in [1.165, 1.54) is 6.07 Å². The van der Waals surface area contributed by atoms with Crippen molar-refractivity contribution < 1.29 is 14.8 Å². The molecule has 1 aromatic carbocycles. The molecule has 1 aliphatic carbocycles. The van der Waals surface area contributed by atoms with Gasteiger partial charge in [-0.1, -0.05) is 13.8 Å². The summed E-state index contributed by atoms with van der Waals surface area (Å²) in [6.07, 6.45) is 1.04. The van der Waals surface area contributed by atoms with Crippen LogP contribution in [0.25, 0.3) is 0 Å². The Morgan fingerprint density at radius 2 is 2.21 bits per heavy atom. The van der Waals surface area contributed by atoms with E-state index >= 15 is 0 Å². The summed E-state index contributed by atoms with van der Waals surface area (Å²) in [4.78, 5) is 22.1. The number of amides is 1. The Balaban J connectivity index is 2.10. The molecule has 6 heteroatoms. The van der Waals surface area contributed by atoms with E-state index in [-0.39, 0.29) is 22.4 Å². The lowest BCUT2D eigenvalue weighted by atomic mass is 10.1. The van der Waals surface area contributed by atoms with Gasteiger partial charge in [0.1, 0.15) is 11.3 Å². The molecule has 2 rings (SSSR count). The van der Waals surface area contributed by atoms with Gasteiger partial charge >= 0.3 is 0 Å². The van der Waals surface area contributed by atoms with Crippen molar-refractivity contribution in [1.29, 1.82) is 0 Å². The standard InChI is InChI=1S/C13H16N2O4/c1-13(2)6-8(13)7-14-12(17)10-5-9(16)3-4-11(10)15(18)19/h3-5,8,16H,6-7H2,1-2H3,(H,14,17). The molecule has 0 saturated heterocycles. The van der Waals surface area contributed by atoms with Crippen LogP contribution < -0.4 is 5.32 Å². The van der Waals surface area contributed by atoms with Crippen LogP contribution in [0.2, 0.25) is 0 Å². The van der Waals surface area contributed by atoms with Crippen LogP contribution in [0.3, 0.4) is 0 Å². The Labute approximate surface area is 110 Å². The molecule has 19 heavy (non-hydrogen) atoms. The zero-order valence-electron chi connectivity index (χ0n) is 10.8. The van der Waals surface area contributed by atoms with E-state index in [4.69, 9.17) is 0 Å². The van der Waals surface area contributed by atoms with Crippen LogP contribution in [0.1, 0.15) is 30.6 Å². The number of nitrogens with zero attached hydrogens (tertiary/aromatic N) is 1. The molecule has 0 radical (unpaired) electrons. The summed E-state index contributed by atoms with van der Waals surface area (Å²) >= 11 is 0. The Morgan fingerprint density at radius 3 is 2.74 bits per heavy atom. The highest BCUT2D eigenvalue weighted by molar-refractivity contribution is 5.98. The zero-order valence-corrected chi connectivity index (χ0v) is 10.8. The fourth-order valence-electron chi connectivity index (χ4n) is 2.10. The highest BCUT2D eigenvalue weighted by atomic mass is 16.6. The largest absolute Gasteiger partial charge is 0.508 e. The lowest BCUT2D eigenvalue weighted by Crippen LogP contribution is -2.27. The molecule has 1 unspecified atom stereocenters. The summed E-state index contributed by atoms with van der Waals surface area (Å²) in [6.45, 7) is 4.72. The monoisotopic (exact) mass is 264 g/mol. The molecule has 1 atom stereocenters. The first-order valence-electron chi connectivity index (χ1n) is 6.07. The molecule has 0 aliphatic heterocycles. The average molecular weight is 264 g/mol. The molecular formula is C13H16N2O4. The number of nitrogens with one attached hydrogen (secondary N) is 1. The van der Waals surface area contributed by atoms with Crippen LogP contribution in [0.5, 0.6) is 5.75 Å². The number of rotatable bonds is 4. The summed E-state index contributed by atoms with van der Waals surface area (Å²) in [5.41, 5.74) is -0.174. The number of aromatic hydroxyl groups is 1. The molecule has 0 spiro atoms. The zero-order chi connectivity index (χ0) is 14.2. The molecule has 1 aromatic rings. The number of phenols is 1. The predicted molar refractivity (Wildman–Crippen MR) is 69.0 cm³/mol. The Hall–Kier alpha value is -2.11. The first-order chi connectivity index (χ1) is 8.81. The number of benzene rings is 1. The van der Waals surface area contributed by atoms with Crippen molar-refractivity contribution in [3.8, 4) is 5.75 Å². The van der Waals surface area contributed by atoms with E-state index in [0.717, 1.165) is 18.6 Å². The normalized spacial score (nSPS) is 19.8. The third-order valence-corrected chi connectivity index (χ3v) is 3.65. The van der Waals surface area contributed by atoms with Crippen LogP contribution in [0, 0.1) is 21.4 Å². The number of phenolic OH excluding ortho intramolecular Hbond substituents is 1. The molecule has 6 nitrogen and oxygen atoms in total. The van der Waals surface area contributed by atoms with Crippen LogP contribution in [-0.4, -0.2) is 22.5 Å². The van der Waals surface area contributed by atoms with Crippen molar-refractivity contribution in [3.05, 3.63) is 33.9 Å². The highest BCUT2D eigenvalue weighted by Crippen LogP contribution is 2.51. The molecule has 1 saturated carbocycles. The van der Waals surface area contributed by atoms with Crippen LogP contribution >= 0.6 is 0 Å². The van der Waals surface area contributed by atoms with Crippen LogP contribution in [0.15, 0.2) is 18.2 Å². The first-order valence-corrected chi connectivity index (χ1v) is 6.07. The molecule has 1 fully saturated rings. The molecule has 1 amide bonds. The summed E-state index contributed by atoms with van der Waals surface area (Å²) in [6, 6.07) is 3.44. The number of hydrogen-bond acceptors (Lipinski definition) is 4. The SMILES string of the molecule is CC1(C)CC1CNC(=O)c1cc(O)ccc1[N+](=O)[O-]. The molecule has 0 bridgehead atoms. The molecular weight excluding hydrogens is 248 g/mol. The van der Waals surface area contributed by atoms with E-state index < -0.39 is 10.8 Å². The summed E-state index contributed by atoms with van der Waals surface area (Å²) in [7, 11) is 0. The number of nitro benzene ring substituents is 1. The minimum absolute atomic E-state index is 0.108. The van der Waals surface area contributed by atoms with Gasteiger partial charge in [0.05, 0.1) is 4.92 Å². The van der Waals surface area contributed by atoms with E-state index in [9.17, 15) is 20.0 Å². The summed E-state index contributed by atoms with van der Waals surface area (Å²) in [5.74, 6) is -0.277. The van der Waals surface area contributed by atoms with Gasteiger partial charge in [-0.3, -0.25) is 14.9 Å². The van der Waals surface area contributed by atoms with Gasteiger partial charge in [0.15, 0.2) is 0 Å². The van der Waals surface area contributed by atoms with Crippen molar-refractivity contribution in [2.45, 2.75) is 20.3 Å². The van der Waals surface area contributed by atoms with Gasteiger partial charge in [0.2, 0.25) is 0 Å². The smallest absolute Gasteiger partial charge is 0.282 e. The van der Waals surface area contributed by atoms with E-state index in [1.807, 2.05) is 0 Å². The molecule has 102 valence electrons. The van der Waals surface area contributed by atoms with E-state index in [2.05, 4.69) is 19.2 Å². The predicted octanol–water partition coefficient (Wildman–Crippen LogP) is 2.08. The topological polar surface area (TPSA) is 92.5 Å². The second kappa shape index (κ2) is 4.53. The number of carbonyl (C=O) groups is 1. The van der Waals surface area contributed by atoms with Gasteiger partial charge in [0, 0.05) is 12.6 Å². The molecule has 0 aromatic heterocycles. The van der Waals surface area contributed by atoms with Crippen molar-refractivity contribution in [2.24, 2.45) is 11.3 Å². The Morgan fingerprint density at radius 1 is 1.58 bits per heavy atom. The average Bonchev–Trinajstić information content (AvgIpc) is 2.93. The van der Waals surface area contributed by atoms with Gasteiger partial charge < -0.3 is 10.4 Å². The number of hydrogen-bond donors (Lipinski definition) is 2. The van der Waals surface area contributed by atoms with Crippen molar-refractivity contribution in [1.82, 2.24) is 5.32 Å². The molecule has 2 N–H and O–H groups in total. The van der Waals surface area contributed by atoms with Crippen molar-refractivity contribution >= 4 is 11.6 Å². The first kappa shape index (κ1) is 13.3. The van der Waals surface area contributed by atoms with Gasteiger partial charge in [-0.05, 0) is 29.9 Å². The maximum atomic E-state index is 11.9. The van der Waals surface area contributed by atoms with Gasteiger partial charge in [-0.2, -0.15) is 0 Å². The van der Waals surface area contributed by atoms with E-state index in [1.54, 1.807) is 0 Å². The lowest BCUT2D eigenvalue weighted by Gasteiger charge is -2.07. The minimum atomic E-state index is -0.630. The second-order valence-corrected chi connectivity index (χ2v) is 5.56. The fourth-order valence-corrected chi connectivity index (χ4v) is 2.10. The Kier molecular flexibility index (Phi) is 3.18. The maximum absolute atomic E-state index is 11.9. The minimum Gasteiger partial charge on any atom is -0.508 e. The van der Waals surface area contributed by atoms with Gasteiger partial charge in [-0.15, -0.1) is 0 Å². The van der Waals surface area contributed by atoms with Crippen LogP contribution in [0.4, 0.5) is 5.69 Å². The lowest BCUT2D eigenvalue weighted by molar-refractivity contribution is -0.385. The van der Waals surface area contributed by atoms with Crippen molar-refractivity contribution in [3.63, 3.8) is 0 Å². The third kappa shape index (κ3) is 2.83.